The lowest BCUT2D eigenvalue weighted by molar-refractivity contribution is -0.125. The number of alkyl halides is 1. The van der Waals surface area contributed by atoms with Crippen LogP contribution in [-0.4, -0.2) is 35.3 Å². The lowest BCUT2D eigenvalue weighted by Crippen LogP contribution is -2.46. The zero-order valence-electron chi connectivity index (χ0n) is 11.8. The molecule has 1 atom stereocenters. The first-order chi connectivity index (χ1) is 10.2. The molecule has 3 rings (SSSR count). The number of carbonyl (C=O) groups excluding carboxylic acids is 2. The summed E-state index contributed by atoms with van der Waals surface area (Å²) in [5, 5.41) is 3.00. The van der Waals surface area contributed by atoms with Crippen LogP contribution in [0.1, 0.15) is 41.6 Å². The third kappa shape index (κ3) is 3.21. The Bertz CT molecular complexity index is 557. The summed E-state index contributed by atoms with van der Waals surface area (Å²) in [6.45, 7) is 0.646. The Labute approximate surface area is 129 Å². The zero-order valence-corrected chi connectivity index (χ0v) is 12.6. The van der Waals surface area contributed by atoms with Crippen LogP contribution in [0, 0.1) is 0 Å². The van der Waals surface area contributed by atoms with E-state index in [1.165, 1.54) is 0 Å². The maximum atomic E-state index is 12.6. The topological polar surface area (TPSA) is 49.4 Å². The van der Waals surface area contributed by atoms with Gasteiger partial charge in [-0.2, -0.15) is 0 Å². The van der Waals surface area contributed by atoms with Crippen molar-refractivity contribution in [3.63, 3.8) is 0 Å². The van der Waals surface area contributed by atoms with Gasteiger partial charge in [0.05, 0.1) is 0 Å². The van der Waals surface area contributed by atoms with Crippen molar-refractivity contribution in [2.75, 3.05) is 6.54 Å². The van der Waals surface area contributed by atoms with E-state index in [0.717, 1.165) is 31.2 Å². The fraction of sp³-hybridized carbons (Fsp3) is 0.500. The molecule has 1 saturated heterocycles. The van der Waals surface area contributed by atoms with Crippen molar-refractivity contribution in [2.45, 2.75) is 43.6 Å². The van der Waals surface area contributed by atoms with Gasteiger partial charge in [0.1, 0.15) is 6.04 Å². The molecule has 1 saturated carbocycles. The minimum absolute atomic E-state index is 0.00292. The van der Waals surface area contributed by atoms with Crippen LogP contribution < -0.4 is 5.32 Å². The highest BCUT2D eigenvalue weighted by Crippen LogP contribution is 2.24. The second-order valence-corrected chi connectivity index (χ2v) is 6.04. The summed E-state index contributed by atoms with van der Waals surface area (Å²) in [5.41, 5.74) is 1.53. The van der Waals surface area contributed by atoms with Crippen LogP contribution in [0.3, 0.4) is 0 Å². The van der Waals surface area contributed by atoms with Crippen LogP contribution in [0.5, 0.6) is 0 Å². The molecular weight excluding hydrogens is 288 g/mol. The van der Waals surface area contributed by atoms with E-state index in [-0.39, 0.29) is 17.9 Å². The Hall–Kier alpha value is -1.55. The van der Waals surface area contributed by atoms with Crippen molar-refractivity contribution in [1.82, 2.24) is 10.2 Å². The number of halogens is 1. The van der Waals surface area contributed by atoms with Gasteiger partial charge in [0.2, 0.25) is 5.91 Å². The predicted octanol–water partition coefficient (Wildman–Crippen LogP) is 2.31. The van der Waals surface area contributed by atoms with E-state index >= 15 is 0 Å². The first-order valence-electron chi connectivity index (χ1n) is 7.45. The molecule has 1 aliphatic heterocycles. The number of benzene rings is 1. The first-order valence-corrected chi connectivity index (χ1v) is 7.99. The van der Waals surface area contributed by atoms with Gasteiger partial charge < -0.3 is 10.2 Å². The molecule has 21 heavy (non-hydrogen) atoms. The molecule has 1 aromatic rings. The Morgan fingerprint density at radius 3 is 2.81 bits per heavy atom. The van der Waals surface area contributed by atoms with Crippen LogP contribution in [0.25, 0.3) is 0 Å². The molecule has 0 radical (unpaired) electrons. The fourth-order valence-electron chi connectivity index (χ4n) is 2.76. The molecule has 4 nitrogen and oxygen atoms in total. The van der Waals surface area contributed by atoms with Crippen LogP contribution in [0.4, 0.5) is 0 Å². The SMILES string of the molecule is O=C(NC1CC1)C1CCCN1C(=O)c1cccc(CCl)c1. The standard InChI is InChI=1S/C16H19ClN2O2/c17-10-11-3-1-4-12(9-11)16(21)19-8-2-5-14(19)15(20)18-13-6-7-13/h1,3-4,9,13-14H,2,5-8,10H2,(H,18,20). The second-order valence-electron chi connectivity index (χ2n) is 5.77. The van der Waals surface area contributed by atoms with E-state index in [9.17, 15) is 9.59 Å². The van der Waals surface area contributed by atoms with Gasteiger partial charge in [-0.3, -0.25) is 9.59 Å². The number of hydrogen-bond acceptors (Lipinski definition) is 2. The minimum atomic E-state index is -0.322. The number of rotatable bonds is 4. The van der Waals surface area contributed by atoms with Crippen molar-refractivity contribution < 1.29 is 9.59 Å². The Balaban J connectivity index is 1.73. The molecule has 2 fully saturated rings. The normalized spacial score (nSPS) is 21.4. The summed E-state index contributed by atoms with van der Waals surface area (Å²) < 4.78 is 0. The molecule has 2 amide bonds. The molecule has 2 aliphatic rings. The molecule has 1 aromatic carbocycles. The minimum Gasteiger partial charge on any atom is -0.352 e. The molecule has 0 aromatic heterocycles. The van der Waals surface area contributed by atoms with Crippen LogP contribution in [-0.2, 0) is 10.7 Å². The maximum Gasteiger partial charge on any atom is 0.254 e. The van der Waals surface area contributed by atoms with E-state index in [1.807, 2.05) is 18.2 Å². The van der Waals surface area contributed by atoms with Crippen molar-refractivity contribution in [1.29, 1.82) is 0 Å². The molecule has 1 aliphatic carbocycles. The van der Waals surface area contributed by atoms with Gasteiger partial charge in [-0.1, -0.05) is 12.1 Å². The maximum absolute atomic E-state index is 12.6. The highest BCUT2D eigenvalue weighted by molar-refractivity contribution is 6.17. The van der Waals surface area contributed by atoms with Gasteiger partial charge >= 0.3 is 0 Å². The Kier molecular flexibility index (Phi) is 4.15. The summed E-state index contributed by atoms with van der Waals surface area (Å²) in [5.74, 6) is 0.305. The third-order valence-electron chi connectivity index (χ3n) is 4.07. The second kappa shape index (κ2) is 6.06. The molecule has 0 bridgehead atoms. The van der Waals surface area contributed by atoms with E-state index in [2.05, 4.69) is 5.32 Å². The summed E-state index contributed by atoms with van der Waals surface area (Å²) in [4.78, 5) is 26.6. The monoisotopic (exact) mass is 306 g/mol. The highest BCUT2D eigenvalue weighted by atomic mass is 35.5. The highest BCUT2D eigenvalue weighted by Gasteiger charge is 2.36. The summed E-state index contributed by atoms with van der Waals surface area (Å²) >= 11 is 5.82. The molecule has 1 N–H and O–H groups in total. The number of amides is 2. The van der Waals surface area contributed by atoms with Crippen molar-refractivity contribution in [3.05, 3.63) is 35.4 Å². The third-order valence-corrected chi connectivity index (χ3v) is 4.38. The van der Waals surface area contributed by atoms with Crippen molar-refractivity contribution in [3.8, 4) is 0 Å². The molecule has 0 spiro atoms. The number of hydrogen-bond donors (Lipinski definition) is 1. The lowest BCUT2D eigenvalue weighted by Gasteiger charge is -2.24. The van der Waals surface area contributed by atoms with Crippen LogP contribution >= 0.6 is 11.6 Å². The van der Waals surface area contributed by atoms with Crippen LogP contribution in [0.15, 0.2) is 24.3 Å². The van der Waals surface area contributed by atoms with E-state index in [1.54, 1.807) is 11.0 Å². The van der Waals surface area contributed by atoms with Gasteiger partial charge in [-0.15, -0.1) is 11.6 Å². The van der Waals surface area contributed by atoms with Gasteiger partial charge in [0, 0.05) is 24.0 Å². The summed E-state index contributed by atoms with van der Waals surface area (Å²) in [7, 11) is 0. The quantitative estimate of drug-likeness (QED) is 0.868. The summed E-state index contributed by atoms with van der Waals surface area (Å²) in [6.07, 6.45) is 3.75. The lowest BCUT2D eigenvalue weighted by atomic mass is 10.1. The molecule has 1 heterocycles. The van der Waals surface area contributed by atoms with Crippen LogP contribution in [0.2, 0.25) is 0 Å². The van der Waals surface area contributed by atoms with Crippen molar-refractivity contribution >= 4 is 23.4 Å². The number of nitrogens with zero attached hydrogens (tertiary/aromatic N) is 1. The predicted molar refractivity (Wildman–Crippen MR) is 81.2 cm³/mol. The number of likely N-dealkylation sites (tertiary alicyclic amines) is 1. The average Bonchev–Trinajstić information content (AvgIpc) is 3.18. The Morgan fingerprint density at radius 2 is 2.10 bits per heavy atom. The number of nitrogens with one attached hydrogen (secondary N) is 1. The van der Waals surface area contributed by atoms with Gasteiger partial charge in [0.15, 0.2) is 0 Å². The molecule has 5 heteroatoms. The average molecular weight is 307 g/mol. The van der Waals surface area contributed by atoms with Gasteiger partial charge in [-0.05, 0) is 43.4 Å². The summed E-state index contributed by atoms with van der Waals surface area (Å²) in [6, 6.07) is 7.33. The fourth-order valence-corrected chi connectivity index (χ4v) is 2.93. The Morgan fingerprint density at radius 1 is 1.29 bits per heavy atom. The van der Waals surface area contributed by atoms with E-state index in [4.69, 9.17) is 11.6 Å². The van der Waals surface area contributed by atoms with Crippen molar-refractivity contribution in [2.24, 2.45) is 0 Å². The van der Waals surface area contributed by atoms with E-state index in [0.29, 0.717) is 24.0 Å². The van der Waals surface area contributed by atoms with Gasteiger partial charge in [0.25, 0.3) is 5.91 Å². The first kappa shape index (κ1) is 14.4. The largest absolute Gasteiger partial charge is 0.352 e. The molecule has 112 valence electrons. The molecule has 1 unspecified atom stereocenters. The zero-order chi connectivity index (χ0) is 14.8. The van der Waals surface area contributed by atoms with E-state index < -0.39 is 0 Å². The van der Waals surface area contributed by atoms with Gasteiger partial charge in [-0.25, -0.2) is 0 Å². The smallest absolute Gasteiger partial charge is 0.254 e. The number of carbonyl (C=O) groups is 2. The molecular formula is C16H19ClN2O2.